The first-order valence-corrected chi connectivity index (χ1v) is 6.91. The van der Waals surface area contributed by atoms with Gasteiger partial charge in [-0.05, 0) is 30.1 Å². The van der Waals surface area contributed by atoms with Crippen molar-refractivity contribution in [1.82, 2.24) is 5.32 Å². The molecular formula is C14H26N2O2. The van der Waals surface area contributed by atoms with Crippen LogP contribution in [0.4, 0.5) is 0 Å². The zero-order valence-corrected chi connectivity index (χ0v) is 11.8. The molecule has 104 valence electrons. The number of aliphatic hydroxyl groups is 1. The molecule has 2 saturated carbocycles. The van der Waals surface area contributed by atoms with Crippen LogP contribution in [-0.2, 0) is 4.79 Å². The number of hydrogen-bond acceptors (Lipinski definition) is 3. The van der Waals surface area contributed by atoms with Crippen LogP contribution in [0.5, 0.6) is 0 Å². The van der Waals surface area contributed by atoms with Gasteiger partial charge in [0.1, 0.15) is 0 Å². The molecule has 1 amide bonds. The fourth-order valence-electron chi connectivity index (χ4n) is 3.20. The molecule has 2 aliphatic carbocycles. The first-order valence-electron chi connectivity index (χ1n) is 6.91. The Morgan fingerprint density at radius 1 is 1.44 bits per heavy atom. The van der Waals surface area contributed by atoms with E-state index in [1.807, 2.05) is 20.8 Å². The zero-order valence-electron chi connectivity index (χ0n) is 11.8. The molecule has 0 radical (unpaired) electrons. The zero-order chi connectivity index (χ0) is 13.6. The summed E-state index contributed by atoms with van der Waals surface area (Å²) in [5.41, 5.74) is 5.97. The third-order valence-electron chi connectivity index (χ3n) is 5.11. The highest BCUT2D eigenvalue weighted by atomic mass is 16.3. The van der Waals surface area contributed by atoms with Crippen molar-refractivity contribution in [3.63, 3.8) is 0 Å². The number of rotatable bonds is 4. The SMILES string of the molecule is CC(C)(C)[C@H](N)C(=O)NCC1(CO)CC12CCC2. The molecule has 0 aliphatic heterocycles. The molecule has 2 aliphatic rings. The monoisotopic (exact) mass is 254 g/mol. The second kappa shape index (κ2) is 4.20. The van der Waals surface area contributed by atoms with Gasteiger partial charge in [0.15, 0.2) is 0 Å². The van der Waals surface area contributed by atoms with Crippen LogP contribution < -0.4 is 11.1 Å². The Morgan fingerprint density at radius 3 is 2.39 bits per heavy atom. The molecule has 2 atom stereocenters. The number of carbonyl (C=O) groups is 1. The van der Waals surface area contributed by atoms with E-state index in [-0.39, 0.29) is 23.3 Å². The van der Waals surface area contributed by atoms with Crippen molar-refractivity contribution in [3.8, 4) is 0 Å². The van der Waals surface area contributed by atoms with E-state index in [4.69, 9.17) is 5.73 Å². The molecule has 0 aromatic heterocycles. The minimum absolute atomic E-state index is 0.0570. The number of carbonyl (C=O) groups excluding carboxylic acids is 1. The number of hydrogen-bond donors (Lipinski definition) is 3. The lowest BCUT2D eigenvalue weighted by Gasteiger charge is -2.33. The molecule has 4 nitrogen and oxygen atoms in total. The van der Waals surface area contributed by atoms with E-state index in [1.165, 1.54) is 19.3 Å². The smallest absolute Gasteiger partial charge is 0.237 e. The van der Waals surface area contributed by atoms with Crippen molar-refractivity contribution < 1.29 is 9.90 Å². The molecule has 2 fully saturated rings. The first-order chi connectivity index (χ1) is 8.26. The third-order valence-corrected chi connectivity index (χ3v) is 5.11. The summed E-state index contributed by atoms with van der Waals surface area (Å²) in [6, 6.07) is -0.496. The fourth-order valence-corrected chi connectivity index (χ4v) is 3.20. The first kappa shape index (κ1) is 13.8. The standard InChI is InChI=1S/C14H26N2O2/c1-12(2,3)10(15)11(18)16-8-14(9-17)7-13(14)5-4-6-13/h10,17H,4-9,15H2,1-3H3,(H,16,18)/t10-,14?/m1/s1. The van der Waals surface area contributed by atoms with Crippen LogP contribution in [0.15, 0.2) is 0 Å². The quantitative estimate of drug-likeness (QED) is 0.701. The van der Waals surface area contributed by atoms with Crippen molar-refractivity contribution in [2.75, 3.05) is 13.2 Å². The lowest BCUT2D eigenvalue weighted by atomic mass is 9.75. The summed E-state index contributed by atoms with van der Waals surface area (Å²) < 4.78 is 0. The van der Waals surface area contributed by atoms with Crippen LogP contribution in [0.3, 0.4) is 0 Å². The number of nitrogens with two attached hydrogens (primary N) is 1. The van der Waals surface area contributed by atoms with Gasteiger partial charge >= 0.3 is 0 Å². The molecule has 4 heteroatoms. The topological polar surface area (TPSA) is 75.4 Å². The van der Waals surface area contributed by atoms with E-state index in [9.17, 15) is 9.90 Å². The fraction of sp³-hybridized carbons (Fsp3) is 0.929. The predicted octanol–water partition coefficient (Wildman–Crippen LogP) is 1.03. The molecule has 1 unspecified atom stereocenters. The Labute approximate surface area is 109 Å². The normalized spacial score (nSPS) is 30.7. The van der Waals surface area contributed by atoms with Crippen LogP contribution in [0.1, 0.15) is 46.5 Å². The maximum absolute atomic E-state index is 12.0. The molecule has 0 bridgehead atoms. The summed E-state index contributed by atoms with van der Waals surface area (Å²) in [6.45, 7) is 6.64. The van der Waals surface area contributed by atoms with Gasteiger partial charge in [0.25, 0.3) is 0 Å². The van der Waals surface area contributed by atoms with E-state index in [1.54, 1.807) is 0 Å². The summed E-state index contributed by atoms with van der Waals surface area (Å²) in [5.74, 6) is -0.100. The predicted molar refractivity (Wildman–Crippen MR) is 70.9 cm³/mol. The number of nitrogens with one attached hydrogen (secondary N) is 1. The molecule has 0 heterocycles. The van der Waals surface area contributed by atoms with Gasteiger partial charge in [-0.25, -0.2) is 0 Å². The van der Waals surface area contributed by atoms with Gasteiger partial charge in [0.2, 0.25) is 5.91 Å². The van der Waals surface area contributed by atoms with Crippen LogP contribution in [-0.4, -0.2) is 30.2 Å². The van der Waals surface area contributed by atoms with Gasteiger partial charge in [-0.2, -0.15) is 0 Å². The summed E-state index contributed by atoms with van der Waals surface area (Å²) in [6.07, 6.45) is 4.72. The molecule has 2 rings (SSSR count). The molecule has 0 aromatic carbocycles. The highest BCUT2D eigenvalue weighted by Gasteiger charge is 2.68. The minimum Gasteiger partial charge on any atom is -0.396 e. The van der Waals surface area contributed by atoms with E-state index in [0.717, 1.165) is 6.42 Å². The van der Waals surface area contributed by atoms with Crippen LogP contribution in [0.25, 0.3) is 0 Å². The summed E-state index contributed by atoms with van der Waals surface area (Å²) in [5, 5.41) is 12.5. The lowest BCUT2D eigenvalue weighted by Crippen LogP contribution is -2.50. The largest absolute Gasteiger partial charge is 0.396 e. The summed E-state index contributed by atoms with van der Waals surface area (Å²) >= 11 is 0. The van der Waals surface area contributed by atoms with Gasteiger partial charge < -0.3 is 16.2 Å². The molecule has 4 N–H and O–H groups in total. The van der Waals surface area contributed by atoms with Crippen molar-refractivity contribution in [2.24, 2.45) is 22.0 Å². The van der Waals surface area contributed by atoms with Gasteiger partial charge in [-0.1, -0.05) is 27.2 Å². The molecular weight excluding hydrogens is 228 g/mol. The Balaban J connectivity index is 1.87. The van der Waals surface area contributed by atoms with Crippen LogP contribution >= 0.6 is 0 Å². The molecule has 18 heavy (non-hydrogen) atoms. The van der Waals surface area contributed by atoms with Crippen molar-refractivity contribution in [3.05, 3.63) is 0 Å². The average molecular weight is 254 g/mol. The Hall–Kier alpha value is -0.610. The van der Waals surface area contributed by atoms with Crippen molar-refractivity contribution in [2.45, 2.75) is 52.5 Å². The van der Waals surface area contributed by atoms with Crippen molar-refractivity contribution >= 4 is 5.91 Å². The van der Waals surface area contributed by atoms with E-state index in [2.05, 4.69) is 5.32 Å². The average Bonchev–Trinajstić information content (AvgIpc) is 2.94. The molecule has 1 spiro atoms. The Bertz CT molecular complexity index is 344. The third kappa shape index (κ3) is 2.05. The second-order valence-corrected chi connectivity index (χ2v) is 7.31. The maximum Gasteiger partial charge on any atom is 0.237 e. The lowest BCUT2D eigenvalue weighted by molar-refractivity contribution is -0.125. The Kier molecular flexibility index (Phi) is 3.23. The highest BCUT2D eigenvalue weighted by molar-refractivity contribution is 5.82. The molecule has 0 aromatic rings. The second-order valence-electron chi connectivity index (χ2n) is 7.31. The highest BCUT2D eigenvalue weighted by Crippen LogP contribution is 2.73. The summed E-state index contributed by atoms with van der Waals surface area (Å²) in [4.78, 5) is 12.0. The van der Waals surface area contributed by atoms with Gasteiger partial charge in [-0.3, -0.25) is 4.79 Å². The molecule has 0 saturated heterocycles. The van der Waals surface area contributed by atoms with Crippen molar-refractivity contribution in [1.29, 1.82) is 0 Å². The maximum atomic E-state index is 12.0. The Morgan fingerprint density at radius 2 is 2.06 bits per heavy atom. The van der Waals surface area contributed by atoms with Crippen LogP contribution in [0.2, 0.25) is 0 Å². The summed E-state index contributed by atoms with van der Waals surface area (Å²) in [7, 11) is 0. The minimum atomic E-state index is -0.496. The number of amides is 1. The van der Waals surface area contributed by atoms with E-state index >= 15 is 0 Å². The van der Waals surface area contributed by atoms with Gasteiger partial charge in [0.05, 0.1) is 12.6 Å². The van der Waals surface area contributed by atoms with E-state index in [0.29, 0.717) is 12.0 Å². The van der Waals surface area contributed by atoms with Gasteiger partial charge in [-0.15, -0.1) is 0 Å². The van der Waals surface area contributed by atoms with Crippen LogP contribution in [0, 0.1) is 16.2 Å². The van der Waals surface area contributed by atoms with Gasteiger partial charge in [0, 0.05) is 12.0 Å². The number of aliphatic hydroxyl groups excluding tert-OH is 1. The van der Waals surface area contributed by atoms with E-state index < -0.39 is 6.04 Å².